The Morgan fingerprint density at radius 3 is 1.87 bits per heavy atom. The topological polar surface area (TPSA) is 0 Å². The standard InChI is InChI=1S/C17H29Si2.3CH3.Pt/c1-14(2)12-18(5,6)16-10-9-11-17(16)19(7,8)13-15(3)4;;;;/h9-11H,1,3,12-13H2,2,4-8H3;3*1H3;. The van der Waals surface area contributed by atoms with Crippen LogP contribution in [0.4, 0.5) is 0 Å². The Kier molecular flexibility index (Phi) is 6.22. The maximum atomic E-state index is 4.27. The number of hydrogen-bond acceptors (Lipinski definition) is 0. The molecule has 0 spiro atoms. The van der Waals surface area contributed by atoms with Crippen LogP contribution in [0, 0.1) is 0 Å². The van der Waals surface area contributed by atoms with Gasteiger partial charge < -0.3 is 0 Å². The molecule has 0 N–H and O–H groups in total. The summed E-state index contributed by atoms with van der Waals surface area (Å²) in [6, 6.07) is 2.46. The zero-order valence-electron chi connectivity index (χ0n) is 16.9. The van der Waals surface area contributed by atoms with Crippen LogP contribution < -0.4 is 0 Å². The minimum absolute atomic E-state index is 0.407. The van der Waals surface area contributed by atoms with Crippen LogP contribution in [-0.2, 0) is 16.1 Å². The van der Waals surface area contributed by atoms with Crippen LogP contribution in [0.15, 0.2) is 47.7 Å². The van der Waals surface area contributed by atoms with E-state index in [1.807, 2.05) is 5.20 Å². The fourth-order valence-corrected chi connectivity index (χ4v) is 36.3. The molecule has 0 saturated carbocycles. The SMILES string of the molecule is C=C(C)C[Si](C)(C)C1=CC=C[C]1([Si](C)(C)CC(=C)C)[Pt]([CH3])([CH3])[CH3]. The molecule has 0 fully saturated rings. The molecule has 0 aliphatic heterocycles. The van der Waals surface area contributed by atoms with Crippen LogP contribution >= 0.6 is 0 Å². The fourth-order valence-electron chi connectivity index (χ4n) is 4.55. The van der Waals surface area contributed by atoms with Gasteiger partial charge in [-0.25, -0.2) is 0 Å². The Hall–Kier alpha value is 0.0821. The van der Waals surface area contributed by atoms with E-state index >= 15 is 0 Å². The summed E-state index contributed by atoms with van der Waals surface area (Å²) in [4.78, 5) is 0. The van der Waals surface area contributed by atoms with Gasteiger partial charge in [0.15, 0.2) is 0 Å². The number of allylic oxidation sites excluding steroid dienone is 6. The minimum atomic E-state index is -1.93. The molecule has 0 saturated heterocycles. The summed E-state index contributed by atoms with van der Waals surface area (Å²) in [6.07, 6.45) is 7.54. The summed E-state index contributed by atoms with van der Waals surface area (Å²) < 4.78 is 0.407. The second kappa shape index (κ2) is 6.77. The van der Waals surface area contributed by atoms with Gasteiger partial charge in [0.1, 0.15) is 0 Å². The third-order valence-electron chi connectivity index (χ3n) is 4.86. The van der Waals surface area contributed by atoms with Crippen molar-refractivity contribution in [3.63, 3.8) is 0 Å². The molecule has 0 aromatic rings. The molecule has 0 aromatic carbocycles. The Morgan fingerprint density at radius 1 is 1.00 bits per heavy atom. The Labute approximate surface area is 151 Å². The quantitative estimate of drug-likeness (QED) is 0.235. The molecule has 0 radical (unpaired) electrons. The van der Waals surface area contributed by atoms with E-state index < -0.39 is 32.2 Å². The first-order chi connectivity index (χ1) is 10.2. The predicted octanol–water partition coefficient (Wildman–Crippen LogP) is 7.59. The predicted molar refractivity (Wildman–Crippen MR) is 112 cm³/mol. The van der Waals surface area contributed by atoms with Gasteiger partial charge in [0, 0.05) is 0 Å². The van der Waals surface area contributed by atoms with Crippen molar-refractivity contribution >= 4 is 16.1 Å². The van der Waals surface area contributed by atoms with Gasteiger partial charge in [0.25, 0.3) is 0 Å². The molecule has 1 aliphatic carbocycles. The zero-order chi connectivity index (χ0) is 18.3. The van der Waals surface area contributed by atoms with Gasteiger partial charge in [0.05, 0.1) is 0 Å². The van der Waals surface area contributed by atoms with E-state index in [0.29, 0.717) is 3.43 Å². The van der Waals surface area contributed by atoms with Crippen LogP contribution in [0.1, 0.15) is 13.8 Å². The van der Waals surface area contributed by atoms with Crippen LogP contribution in [0.25, 0.3) is 0 Å². The Morgan fingerprint density at radius 2 is 1.48 bits per heavy atom. The van der Waals surface area contributed by atoms with Gasteiger partial charge in [-0.05, 0) is 0 Å². The molecule has 0 heterocycles. The third-order valence-corrected chi connectivity index (χ3v) is 27.8. The van der Waals surface area contributed by atoms with Gasteiger partial charge in [-0.3, -0.25) is 0 Å². The molecule has 1 rings (SSSR count). The summed E-state index contributed by atoms with van der Waals surface area (Å²) in [5.41, 5.74) is 2.72. The summed E-state index contributed by atoms with van der Waals surface area (Å²) >= 11 is -1.93. The molecule has 23 heavy (non-hydrogen) atoms. The van der Waals surface area contributed by atoms with Gasteiger partial charge >= 0.3 is 151 Å². The van der Waals surface area contributed by atoms with Gasteiger partial charge in [-0.2, -0.15) is 0 Å². The summed E-state index contributed by atoms with van der Waals surface area (Å²) in [6.45, 7) is 23.3. The molecule has 0 bridgehead atoms. The normalized spacial score (nSPS) is 22.9. The summed E-state index contributed by atoms with van der Waals surface area (Å²) in [7, 11) is -3.00. The summed E-state index contributed by atoms with van der Waals surface area (Å²) in [5, 5.41) is 9.69. The van der Waals surface area contributed by atoms with E-state index in [1.165, 1.54) is 23.2 Å². The van der Waals surface area contributed by atoms with Crippen molar-refractivity contribution in [2.24, 2.45) is 0 Å². The van der Waals surface area contributed by atoms with Crippen molar-refractivity contribution in [1.82, 2.24) is 0 Å². The molecule has 0 aromatic heterocycles. The van der Waals surface area contributed by atoms with E-state index in [9.17, 15) is 0 Å². The average molecular weight is 530 g/mol. The second-order valence-electron chi connectivity index (χ2n) is 9.06. The molecular formula is C20H38PtSi2. The van der Waals surface area contributed by atoms with E-state index in [1.54, 1.807) is 0 Å². The average Bonchev–Trinajstić information content (AvgIpc) is 2.70. The third kappa shape index (κ3) is 4.02. The molecule has 1 atom stereocenters. The molecule has 3 heteroatoms. The van der Waals surface area contributed by atoms with Crippen LogP contribution in [0.5, 0.6) is 0 Å². The molecule has 0 nitrogen and oxygen atoms in total. The van der Waals surface area contributed by atoms with Gasteiger partial charge in [-0.1, -0.05) is 0 Å². The van der Waals surface area contributed by atoms with E-state index in [2.05, 4.69) is 87.4 Å². The second-order valence-corrected chi connectivity index (χ2v) is 31.7. The first-order valence-electron chi connectivity index (χ1n) is 8.22. The molecule has 1 aliphatic rings. The maximum absolute atomic E-state index is 4.27. The van der Waals surface area contributed by atoms with Crippen LogP contribution in [-0.4, -0.2) is 16.1 Å². The van der Waals surface area contributed by atoms with Crippen LogP contribution in [0.3, 0.4) is 0 Å². The van der Waals surface area contributed by atoms with Crippen LogP contribution in [0.2, 0.25) is 57.6 Å². The monoisotopic (exact) mass is 529 g/mol. The molecule has 0 amide bonds. The molecule has 1 unspecified atom stereocenters. The van der Waals surface area contributed by atoms with Crippen molar-refractivity contribution in [2.75, 3.05) is 0 Å². The zero-order valence-corrected chi connectivity index (χ0v) is 21.1. The molecule has 136 valence electrons. The van der Waals surface area contributed by atoms with Crippen molar-refractivity contribution in [2.45, 2.75) is 71.5 Å². The van der Waals surface area contributed by atoms with E-state index in [0.717, 1.165) is 0 Å². The molecular weight excluding hydrogens is 491 g/mol. The van der Waals surface area contributed by atoms with Gasteiger partial charge in [-0.15, -0.1) is 0 Å². The van der Waals surface area contributed by atoms with Crippen molar-refractivity contribution in [3.05, 3.63) is 47.7 Å². The Balaban J connectivity index is 3.54. The van der Waals surface area contributed by atoms with Crippen molar-refractivity contribution in [3.8, 4) is 0 Å². The fraction of sp³-hybridized carbons (Fsp3) is 0.600. The number of hydrogen-bond donors (Lipinski definition) is 0. The van der Waals surface area contributed by atoms with Crippen molar-refractivity contribution in [1.29, 1.82) is 0 Å². The Bertz CT molecular complexity index is 559. The summed E-state index contributed by atoms with van der Waals surface area (Å²) in [5.74, 6) is 0. The first kappa shape index (κ1) is 21.1. The van der Waals surface area contributed by atoms with Gasteiger partial charge in [0.2, 0.25) is 0 Å². The number of rotatable bonds is 7. The van der Waals surface area contributed by atoms with E-state index in [-0.39, 0.29) is 0 Å². The van der Waals surface area contributed by atoms with E-state index in [4.69, 9.17) is 0 Å². The van der Waals surface area contributed by atoms with Crippen molar-refractivity contribution < 1.29 is 16.1 Å². The first-order valence-corrected chi connectivity index (χ1v) is 22.6.